The zero-order valence-corrected chi connectivity index (χ0v) is 8.10. The first-order chi connectivity index (χ1) is 6.59. The lowest BCUT2D eigenvalue weighted by Crippen LogP contribution is -2.32. The Kier molecular flexibility index (Phi) is 3.53. The third kappa shape index (κ3) is 3.10. The van der Waals surface area contributed by atoms with Gasteiger partial charge in [-0.2, -0.15) is 0 Å². The molecule has 0 bridgehead atoms. The summed E-state index contributed by atoms with van der Waals surface area (Å²) >= 11 is 4.59. The summed E-state index contributed by atoms with van der Waals surface area (Å²) in [4.78, 5) is 11.5. The minimum Gasteiger partial charge on any atom is -0.392 e. The van der Waals surface area contributed by atoms with Crippen LogP contribution in [0.1, 0.15) is 10.4 Å². The number of rotatable bonds is 3. The van der Waals surface area contributed by atoms with Crippen molar-refractivity contribution in [2.75, 3.05) is 6.54 Å². The maximum Gasteiger partial charge on any atom is 0.251 e. The van der Waals surface area contributed by atoms with E-state index >= 15 is 0 Å². The van der Waals surface area contributed by atoms with Crippen molar-refractivity contribution in [2.45, 2.75) is 0 Å². The first-order valence-electron chi connectivity index (χ1n) is 3.91. The molecule has 1 aromatic carbocycles. The minimum atomic E-state index is -0.379. The fourth-order valence-electron chi connectivity index (χ4n) is 0.871. The Bertz CT molecular complexity index is 350. The van der Waals surface area contributed by atoms with Crippen LogP contribution in [0, 0.1) is 5.82 Å². The summed E-state index contributed by atoms with van der Waals surface area (Å²) < 4.78 is 12.5. The zero-order valence-electron chi connectivity index (χ0n) is 7.29. The van der Waals surface area contributed by atoms with E-state index in [0.717, 1.165) is 0 Å². The molecule has 0 aliphatic rings. The predicted molar refractivity (Wildman–Crippen MR) is 55.5 cm³/mol. The molecular formula is C9H9FN2OS. The lowest BCUT2D eigenvalue weighted by Gasteiger charge is -2.03. The van der Waals surface area contributed by atoms with Gasteiger partial charge in [0.15, 0.2) is 0 Å². The number of benzene rings is 1. The predicted octanol–water partition coefficient (Wildman–Crippen LogP) is 0.842. The van der Waals surface area contributed by atoms with Gasteiger partial charge in [-0.3, -0.25) is 4.79 Å². The second-order valence-corrected chi connectivity index (χ2v) is 3.18. The van der Waals surface area contributed by atoms with E-state index in [4.69, 9.17) is 5.73 Å². The van der Waals surface area contributed by atoms with E-state index < -0.39 is 0 Å². The highest BCUT2D eigenvalue weighted by atomic mass is 32.1. The van der Waals surface area contributed by atoms with Crippen LogP contribution in [-0.4, -0.2) is 17.4 Å². The Morgan fingerprint density at radius 2 is 2.00 bits per heavy atom. The molecule has 3 nitrogen and oxygen atoms in total. The first-order valence-corrected chi connectivity index (χ1v) is 4.32. The summed E-state index contributed by atoms with van der Waals surface area (Å²) in [6.45, 7) is 0.144. The monoisotopic (exact) mass is 212 g/mol. The van der Waals surface area contributed by atoms with Gasteiger partial charge < -0.3 is 11.1 Å². The van der Waals surface area contributed by atoms with E-state index in [0.29, 0.717) is 5.56 Å². The molecule has 1 amide bonds. The smallest absolute Gasteiger partial charge is 0.251 e. The van der Waals surface area contributed by atoms with Gasteiger partial charge in [-0.15, -0.1) is 0 Å². The minimum absolute atomic E-state index is 0.144. The van der Waals surface area contributed by atoms with Gasteiger partial charge in [0, 0.05) is 5.56 Å². The number of hydrogen-bond acceptors (Lipinski definition) is 2. The summed E-state index contributed by atoms with van der Waals surface area (Å²) in [5.41, 5.74) is 5.58. The highest BCUT2D eigenvalue weighted by molar-refractivity contribution is 7.80. The van der Waals surface area contributed by atoms with Crippen LogP contribution in [0.4, 0.5) is 4.39 Å². The van der Waals surface area contributed by atoms with E-state index in [9.17, 15) is 9.18 Å². The van der Waals surface area contributed by atoms with Gasteiger partial charge in [-0.05, 0) is 24.3 Å². The fraction of sp³-hybridized carbons (Fsp3) is 0.111. The lowest BCUT2D eigenvalue weighted by molar-refractivity contribution is 0.0959. The molecule has 0 fully saturated rings. The molecule has 0 radical (unpaired) electrons. The Balaban J connectivity index is 2.61. The number of thiocarbonyl (C=S) groups is 1. The van der Waals surface area contributed by atoms with Crippen molar-refractivity contribution in [1.29, 1.82) is 0 Å². The second kappa shape index (κ2) is 4.66. The molecule has 0 unspecified atom stereocenters. The Morgan fingerprint density at radius 1 is 1.43 bits per heavy atom. The molecular weight excluding hydrogens is 203 g/mol. The molecule has 74 valence electrons. The van der Waals surface area contributed by atoms with Crippen molar-refractivity contribution in [3.05, 3.63) is 35.6 Å². The molecule has 0 spiro atoms. The van der Waals surface area contributed by atoms with Crippen LogP contribution in [-0.2, 0) is 0 Å². The summed E-state index contributed by atoms with van der Waals surface area (Å²) in [5, 5.41) is 2.49. The van der Waals surface area contributed by atoms with Gasteiger partial charge in [-0.25, -0.2) is 4.39 Å². The number of nitrogens with one attached hydrogen (secondary N) is 1. The van der Waals surface area contributed by atoms with Crippen LogP contribution < -0.4 is 11.1 Å². The van der Waals surface area contributed by atoms with Crippen LogP contribution in [0.5, 0.6) is 0 Å². The molecule has 1 rings (SSSR count). The van der Waals surface area contributed by atoms with Crippen molar-refractivity contribution >= 4 is 23.1 Å². The topological polar surface area (TPSA) is 55.1 Å². The Hall–Kier alpha value is -1.49. The highest BCUT2D eigenvalue weighted by Gasteiger charge is 2.04. The molecule has 0 heterocycles. The standard InChI is InChI=1S/C9H9FN2OS/c10-7-3-1-6(2-4-7)9(13)12-5-8(11)14/h1-4H,5H2,(H2,11,14)(H,12,13). The summed E-state index contributed by atoms with van der Waals surface area (Å²) in [7, 11) is 0. The zero-order chi connectivity index (χ0) is 10.6. The molecule has 0 saturated carbocycles. The SMILES string of the molecule is NC(=S)CNC(=O)c1ccc(F)cc1. The molecule has 14 heavy (non-hydrogen) atoms. The van der Waals surface area contributed by atoms with Gasteiger partial charge >= 0.3 is 0 Å². The van der Waals surface area contributed by atoms with Crippen molar-refractivity contribution in [3.63, 3.8) is 0 Å². The van der Waals surface area contributed by atoms with Gasteiger partial charge in [0.2, 0.25) is 0 Å². The lowest BCUT2D eigenvalue weighted by atomic mass is 10.2. The molecule has 0 aromatic heterocycles. The third-order valence-electron chi connectivity index (χ3n) is 1.53. The summed E-state index contributed by atoms with van der Waals surface area (Å²) in [6, 6.07) is 5.22. The van der Waals surface area contributed by atoms with Crippen molar-refractivity contribution in [3.8, 4) is 0 Å². The van der Waals surface area contributed by atoms with E-state index in [-0.39, 0.29) is 23.3 Å². The molecule has 5 heteroatoms. The fourth-order valence-corrected chi connectivity index (χ4v) is 0.943. The molecule has 0 atom stereocenters. The van der Waals surface area contributed by atoms with Crippen LogP contribution in [0.15, 0.2) is 24.3 Å². The van der Waals surface area contributed by atoms with Crippen molar-refractivity contribution in [2.24, 2.45) is 5.73 Å². The maximum atomic E-state index is 12.5. The number of carbonyl (C=O) groups is 1. The molecule has 1 aromatic rings. The largest absolute Gasteiger partial charge is 0.392 e. The van der Waals surface area contributed by atoms with Gasteiger partial charge in [0.1, 0.15) is 5.82 Å². The molecule has 0 aliphatic heterocycles. The number of amides is 1. The number of carbonyl (C=O) groups excluding carboxylic acids is 1. The second-order valence-electron chi connectivity index (χ2n) is 2.66. The van der Waals surface area contributed by atoms with Crippen molar-refractivity contribution < 1.29 is 9.18 Å². The van der Waals surface area contributed by atoms with E-state index in [2.05, 4.69) is 17.5 Å². The highest BCUT2D eigenvalue weighted by Crippen LogP contribution is 2.01. The molecule has 0 aliphatic carbocycles. The average Bonchev–Trinajstić information content (AvgIpc) is 2.15. The normalized spacial score (nSPS) is 9.50. The Morgan fingerprint density at radius 3 is 2.50 bits per heavy atom. The summed E-state index contributed by atoms with van der Waals surface area (Å²) in [6.07, 6.45) is 0. The number of hydrogen-bond donors (Lipinski definition) is 2. The third-order valence-corrected chi connectivity index (χ3v) is 1.67. The van der Waals surface area contributed by atoms with Crippen LogP contribution in [0.25, 0.3) is 0 Å². The van der Waals surface area contributed by atoms with Crippen molar-refractivity contribution in [1.82, 2.24) is 5.32 Å². The van der Waals surface area contributed by atoms with E-state index in [1.807, 2.05) is 0 Å². The van der Waals surface area contributed by atoms with Crippen LogP contribution in [0.2, 0.25) is 0 Å². The number of halogens is 1. The van der Waals surface area contributed by atoms with Gasteiger partial charge in [0.05, 0.1) is 11.5 Å². The molecule has 3 N–H and O–H groups in total. The first kappa shape index (κ1) is 10.6. The van der Waals surface area contributed by atoms with Crippen LogP contribution in [0.3, 0.4) is 0 Å². The molecule has 0 saturated heterocycles. The van der Waals surface area contributed by atoms with E-state index in [1.54, 1.807) is 0 Å². The quantitative estimate of drug-likeness (QED) is 0.730. The summed E-state index contributed by atoms with van der Waals surface area (Å²) in [5.74, 6) is -0.700. The van der Waals surface area contributed by atoms with Crippen LogP contribution >= 0.6 is 12.2 Å². The van der Waals surface area contributed by atoms with Gasteiger partial charge in [0.25, 0.3) is 5.91 Å². The van der Waals surface area contributed by atoms with Gasteiger partial charge in [-0.1, -0.05) is 12.2 Å². The number of nitrogens with two attached hydrogens (primary N) is 1. The maximum absolute atomic E-state index is 12.5. The average molecular weight is 212 g/mol. The van der Waals surface area contributed by atoms with E-state index in [1.165, 1.54) is 24.3 Å². The Labute approximate surface area is 86.1 Å².